The standard InChI is InChI=1S/C14H27NO/c1-4-8-14(9-5-10-15-11-14)13(16)7-6-12(2)3/h12,15H,4-11H2,1-3H3. The van der Waals surface area contributed by atoms with Crippen molar-refractivity contribution < 1.29 is 4.79 Å². The van der Waals surface area contributed by atoms with Crippen LogP contribution in [-0.4, -0.2) is 18.9 Å². The molecule has 1 saturated heterocycles. The monoisotopic (exact) mass is 225 g/mol. The zero-order chi connectivity index (χ0) is 12.0. The van der Waals surface area contributed by atoms with E-state index in [4.69, 9.17) is 0 Å². The van der Waals surface area contributed by atoms with Crippen LogP contribution >= 0.6 is 0 Å². The molecule has 1 aliphatic rings. The Hall–Kier alpha value is -0.370. The predicted octanol–water partition coefficient (Wildman–Crippen LogP) is 3.16. The summed E-state index contributed by atoms with van der Waals surface area (Å²) in [6.07, 6.45) is 6.27. The van der Waals surface area contributed by atoms with Gasteiger partial charge in [-0.3, -0.25) is 4.79 Å². The van der Waals surface area contributed by atoms with Gasteiger partial charge in [0.05, 0.1) is 0 Å². The lowest BCUT2D eigenvalue weighted by Gasteiger charge is -2.36. The first kappa shape index (κ1) is 13.7. The summed E-state index contributed by atoms with van der Waals surface area (Å²) < 4.78 is 0. The Morgan fingerprint density at radius 3 is 2.69 bits per heavy atom. The Labute approximate surface area is 100 Å². The second-order valence-electron chi connectivity index (χ2n) is 5.67. The molecule has 94 valence electrons. The van der Waals surface area contributed by atoms with Crippen molar-refractivity contribution in [3.05, 3.63) is 0 Å². The summed E-state index contributed by atoms with van der Waals surface area (Å²) in [7, 11) is 0. The van der Waals surface area contributed by atoms with Crippen molar-refractivity contribution in [2.45, 2.75) is 59.3 Å². The van der Waals surface area contributed by atoms with E-state index in [-0.39, 0.29) is 5.41 Å². The van der Waals surface area contributed by atoms with E-state index in [9.17, 15) is 4.79 Å². The van der Waals surface area contributed by atoms with Gasteiger partial charge >= 0.3 is 0 Å². The molecule has 0 radical (unpaired) electrons. The highest BCUT2D eigenvalue weighted by atomic mass is 16.1. The normalized spacial score (nSPS) is 26.0. The number of ketones is 1. The van der Waals surface area contributed by atoms with E-state index in [1.165, 1.54) is 0 Å². The number of hydrogen-bond donors (Lipinski definition) is 1. The average molecular weight is 225 g/mol. The van der Waals surface area contributed by atoms with E-state index < -0.39 is 0 Å². The number of piperidine rings is 1. The molecular weight excluding hydrogens is 198 g/mol. The van der Waals surface area contributed by atoms with Crippen LogP contribution in [0.5, 0.6) is 0 Å². The van der Waals surface area contributed by atoms with E-state index >= 15 is 0 Å². The summed E-state index contributed by atoms with van der Waals surface area (Å²) in [6.45, 7) is 8.57. The molecule has 2 nitrogen and oxygen atoms in total. The van der Waals surface area contributed by atoms with Crippen molar-refractivity contribution in [2.75, 3.05) is 13.1 Å². The summed E-state index contributed by atoms with van der Waals surface area (Å²) in [5.74, 6) is 1.15. The van der Waals surface area contributed by atoms with Crippen LogP contribution < -0.4 is 5.32 Å². The fourth-order valence-corrected chi connectivity index (χ4v) is 2.72. The maximum absolute atomic E-state index is 12.4. The molecule has 1 rings (SSSR count). The molecule has 16 heavy (non-hydrogen) atoms. The molecule has 1 unspecified atom stereocenters. The van der Waals surface area contributed by atoms with Gasteiger partial charge in [0.2, 0.25) is 0 Å². The molecule has 1 atom stereocenters. The first-order valence-electron chi connectivity index (χ1n) is 6.85. The summed E-state index contributed by atoms with van der Waals surface area (Å²) in [4.78, 5) is 12.4. The second kappa shape index (κ2) is 6.39. The predicted molar refractivity (Wildman–Crippen MR) is 68.5 cm³/mol. The van der Waals surface area contributed by atoms with Gasteiger partial charge in [-0.1, -0.05) is 27.2 Å². The van der Waals surface area contributed by atoms with E-state index in [1.807, 2.05) is 0 Å². The van der Waals surface area contributed by atoms with Crippen molar-refractivity contribution in [1.29, 1.82) is 0 Å². The SMILES string of the molecule is CCCC1(C(=O)CCC(C)C)CCCNC1. The van der Waals surface area contributed by atoms with Crippen molar-refractivity contribution in [1.82, 2.24) is 5.32 Å². The minimum absolute atomic E-state index is 0.0259. The third-order valence-electron chi connectivity index (χ3n) is 3.74. The maximum atomic E-state index is 12.4. The minimum Gasteiger partial charge on any atom is -0.316 e. The molecule has 0 aromatic rings. The highest BCUT2D eigenvalue weighted by molar-refractivity contribution is 5.85. The second-order valence-corrected chi connectivity index (χ2v) is 5.67. The Balaban J connectivity index is 2.57. The van der Waals surface area contributed by atoms with Gasteiger partial charge < -0.3 is 5.32 Å². The van der Waals surface area contributed by atoms with Crippen LogP contribution in [0, 0.1) is 11.3 Å². The Bertz CT molecular complexity index is 211. The average Bonchev–Trinajstić information content (AvgIpc) is 2.27. The first-order valence-corrected chi connectivity index (χ1v) is 6.85. The summed E-state index contributed by atoms with van der Waals surface area (Å²) in [5.41, 5.74) is -0.0259. The van der Waals surface area contributed by atoms with Crippen LogP contribution in [0.25, 0.3) is 0 Å². The Morgan fingerprint density at radius 2 is 2.19 bits per heavy atom. The Kier molecular flexibility index (Phi) is 5.47. The number of rotatable bonds is 6. The lowest BCUT2D eigenvalue weighted by Crippen LogP contribution is -2.45. The summed E-state index contributed by atoms with van der Waals surface area (Å²) >= 11 is 0. The summed E-state index contributed by atoms with van der Waals surface area (Å²) in [5, 5.41) is 3.41. The zero-order valence-electron chi connectivity index (χ0n) is 11.1. The molecule has 0 bridgehead atoms. The fourth-order valence-electron chi connectivity index (χ4n) is 2.72. The first-order chi connectivity index (χ1) is 7.60. The molecule has 1 heterocycles. The van der Waals surface area contributed by atoms with Gasteiger partial charge in [-0.15, -0.1) is 0 Å². The van der Waals surface area contributed by atoms with Crippen LogP contribution in [0.15, 0.2) is 0 Å². The van der Waals surface area contributed by atoms with Crippen LogP contribution in [0.1, 0.15) is 59.3 Å². The smallest absolute Gasteiger partial charge is 0.140 e. The fraction of sp³-hybridized carbons (Fsp3) is 0.929. The largest absolute Gasteiger partial charge is 0.316 e. The third-order valence-corrected chi connectivity index (χ3v) is 3.74. The number of Topliss-reactive ketones (excluding diaryl/α,β-unsaturated/α-hetero) is 1. The molecule has 1 aliphatic heterocycles. The van der Waals surface area contributed by atoms with E-state index in [2.05, 4.69) is 26.1 Å². The van der Waals surface area contributed by atoms with Crippen LogP contribution in [-0.2, 0) is 4.79 Å². The van der Waals surface area contributed by atoms with Crippen molar-refractivity contribution in [2.24, 2.45) is 11.3 Å². The summed E-state index contributed by atoms with van der Waals surface area (Å²) in [6, 6.07) is 0. The van der Waals surface area contributed by atoms with E-state index in [1.54, 1.807) is 0 Å². The van der Waals surface area contributed by atoms with Gasteiger partial charge in [0.25, 0.3) is 0 Å². The zero-order valence-corrected chi connectivity index (χ0v) is 11.1. The highest BCUT2D eigenvalue weighted by Crippen LogP contribution is 2.34. The van der Waals surface area contributed by atoms with Gasteiger partial charge in [0.1, 0.15) is 5.78 Å². The van der Waals surface area contributed by atoms with Crippen molar-refractivity contribution in [3.8, 4) is 0 Å². The molecule has 0 spiro atoms. The number of hydrogen-bond acceptors (Lipinski definition) is 2. The Morgan fingerprint density at radius 1 is 1.44 bits per heavy atom. The van der Waals surface area contributed by atoms with Gasteiger partial charge in [0.15, 0.2) is 0 Å². The van der Waals surface area contributed by atoms with Crippen LogP contribution in [0.3, 0.4) is 0 Å². The van der Waals surface area contributed by atoms with Gasteiger partial charge in [-0.2, -0.15) is 0 Å². The van der Waals surface area contributed by atoms with Crippen LogP contribution in [0.2, 0.25) is 0 Å². The molecule has 1 N–H and O–H groups in total. The van der Waals surface area contributed by atoms with Crippen LogP contribution in [0.4, 0.5) is 0 Å². The number of nitrogens with one attached hydrogen (secondary N) is 1. The molecule has 1 fully saturated rings. The van der Waals surface area contributed by atoms with Gasteiger partial charge in [-0.25, -0.2) is 0 Å². The lowest BCUT2D eigenvalue weighted by atomic mass is 9.72. The maximum Gasteiger partial charge on any atom is 0.140 e. The molecule has 0 aliphatic carbocycles. The molecule has 0 saturated carbocycles. The molecule has 0 aromatic heterocycles. The number of carbonyl (C=O) groups excluding carboxylic acids is 1. The topological polar surface area (TPSA) is 29.1 Å². The molecule has 0 amide bonds. The van der Waals surface area contributed by atoms with Gasteiger partial charge in [0, 0.05) is 18.4 Å². The van der Waals surface area contributed by atoms with E-state index in [0.717, 1.165) is 51.6 Å². The molecule has 2 heteroatoms. The third kappa shape index (κ3) is 3.58. The van der Waals surface area contributed by atoms with Crippen molar-refractivity contribution >= 4 is 5.78 Å². The van der Waals surface area contributed by atoms with E-state index in [0.29, 0.717) is 11.7 Å². The number of carbonyl (C=O) groups is 1. The molecule has 0 aromatic carbocycles. The molecular formula is C14H27NO. The quantitative estimate of drug-likeness (QED) is 0.752. The van der Waals surface area contributed by atoms with Crippen molar-refractivity contribution in [3.63, 3.8) is 0 Å². The lowest BCUT2D eigenvalue weighted by molar-refractivity contribution is -0.130. The van der Waals surface area contributed by atoms with Gasteiger partial charge in [-0.05, 0) is 38.1 Å². The minimum atomic E-state index is -0.0259. The highest BCUT2D eigenvalue weighted by Gasteiger charge is 2.37.